The number of halogens is 1. The van der Waals surface area contributed by atoms with Gasteiger partial charge in [0.05, 0.1) is 16.6 Å². The minimum atomic E-state index is -0.838. The van der Waals surface area contributed by atoms with Crippen LogP contribution in [0.15, 0.2) is 18.2 Å². The molecule has 0 saturated heterocycles. The number of hydrogen-bond donors (Lipinski definition) is 2. The van der Waals surface area contributed by atoms with Crippen molar-refractivity contribution in [3.05, 3.63) is 24.0 Å². The van der Waals surface area contributed by atoms with E-state index in [-0.39, 0.29) is 18.3 Å². The maximum atomic E-state index is 12.3. The van der Waals surface area contributed by atoms with E-state index in [0.717, 1.165) is 41.9 Å². The van der Waals surface area contributed by atoms with Crippen molar-refractivity contribution in [3.63, 3.8) is 0 Å². The van der Waals surface area contributed by atoms with Crippen LogP contribution in [0.25, 0.3) is 11.0 Å². The number of rotatable bonds is 4. The molecule has 24 heavy (non-hydrogen) atoms. The molecule has 2 heterocycles. The molecule has 0 radical (unpaired) electrons. The monoisotopic (exact) mass is 350 g/mol. The van der Waals surface area contributed by atoms with E-state index in [1.54, 1.807) is 6.92 Å². The van der Waals surface area contributed by atoms with E-state index in [1.807, 2.05) is 19.1 Å². The van der Waals surface area contributed by atoms with Crippen LogP contribution in [0.1, 0.15) is 51.8 Å². The Morgan fingerprint density at radius 2 is 2.17 bits per heavy atom. The van der Waals surface area contributed by atoms with E-state index in [4.69, 9.17) is 10.7 Å². The number of aryl methyl sites for hydroxylation is 2. The van der Waals surface area contributed by atoms with E-state index in [9.17, 15) is 4.79 Å². The fourth-order valence-corrected chi connectivity index (χ4v) is 3.33. The van der Waals surface area contributed by atoms with Crippen molar-refractivity contribution in [2.45, 2.75) is 64.5 Å². The second-order valence-corrected chi connectivity index (χ2v) is 6.82. The van der Waals surface area contributed by atoms with Crippen molar-refractivity contribution in [2.24, 2.45) is 5.73 Å². The van der Waals surface area contributed by atoms with Crippen LogP contribution >= 0.6 is 12.4 Å². The van der Waals surface area contributed by atoms with E-state index >= 15 is 0 Å². The molecule has 5 nitrogen and oxygen atoms in total. The predicted molar refractivity (Wildman–Crippen MR) is 101 cm³/mol. The number of benzene rings is 1. The smallest absolute Gasteiger partial charge is 0.244 e. The third-order valence-electron chi connectivity index (χ3n) is 4.66. The maximum absolute atomic E-state index is 12.3. The summed E-state index contributed by atoms with van der Waals surface area (Å²) >= 11 is 0. The zero-order valence-corrected chi connectivity index (χ0v) is 15.3. The normalized spacial score (nSPS) is 16.6. The molecule has 0 fully saturated rings. The van der Waals surface area contributed by atoms with Crippen molar-refractivity contribution >= 4 is 35.0 Å². The molecule has 0 spiro atoms. The summed E-state index contributed by atoms with van der Waals surface area (Å²) < 4.78 is 2.32. The van der Waals surface area contributed by atoms with Crippen LogP contribution < -0.4 is 11.1 Å². The molecule has 1 unspecified atom stereocenters. The van der Waals surface area contributed by atoms with E-state index in [0.29, 0.717) is 6.42 Å². The summed E-state index contributed by atoms with van der Waals surface area (Å²) in [5.74, 6) is 1.02. The summed E-state index contributed by atoms with van der Waals surface area (Å²) in [5.41, 5.74) is 8.13. The number of anilines is 1. The number of hydrogen-bond acceptors (Lipinski definition) is 3. The Kier molecular flexibility index (Phi) is 5.88. The minimum Gasteiger partial charge on any atom is -0.328 e. The molecular weight excluding hydrogens is 324 g/mol. The molecule has 6 heteroatoms. The highest BCUT2D eigenvalue weighted by atomic mass is 35.5. The van der Waals surface area contributed by atoms with Gasteiger partial charge in [0.25, 0.3) is 0 Å². The van der Waals surface area contributed by atoms with Crippen LogP contribution in [0.3, 0.4) is 0 Å². The Morgan fingerprint density at radius 3 is 2.92 bits per heavy atom. The van der Waals surface area contributed by atoms with E-state index < -0.39 is 5.54 Å². The second-order valence-electron chi connectivity index (χ2n) is 6.82. The molecule has 3 N–H and O–H groups in total. The molecule has 1 amide bonds. The van der Waals surface area contributed by atoms with Gasteiger partial charge in [0.15, 0.2) is 0 Å². The van der Waals surface area contributed by atoms with Crippen molar-refractivity contribution in [1.82, 2.24) is 9.55 Å². The maximum Gasteiger partial charge on any atom is 0.244 e. The molecule has 1 aliphatic heterocycles. The molecule has 132 valence electrons. The number of amides is 1. The first-order valence-corrected chi connectivity index (χ1v) is 8.61. The lowest BCUT2D eigenvalue weighted by atomic mass is 9.96. The number of carbonyl (C=O) groups excluding carboxylic acids is 1. The summed E-state index contributed by atoms with van der Waals surface area (Å²) in [6.07, 6.45) is 6.27. The SMILES string of the molecule is CCCC(C)(N)C(=O)Nc1ccc2c(c1)nc1n2CCCCC1.Cl. The van der Waals surface area contributed by atoms with Crippen LogP contribution in [0, 0.1) is 0 Å². The minimum absolute atomic E-state index is 0. The van der Waals surface area contributed by atoms with Crippen molar-refractivity contribution in [3.8, 4) is 0 Å². The number of carbonyl (C=O) groups is 1. The first-order valence-electron chi connectivity index (χ1n) is 8.61. The first kappa shape index (κ1) is 18.7. The van der Waals surface area contributed by atoms with Gasteiger partial charge in [-0.25, -0.2) is 4.98 Å². The number of imidazole rings is 1. The number of fused-ring (bicyclic) bond motifs is 3. The van der Waals surface area contributed by atoms with Gasteiger partial charge >= 0.3 is 0 Å². The highest BCUT2D eigenvalue weighted by Gasteiger charge is 2.27. The molecule has 0 bridgehead atoms. The van der Waals surface area contributed by atoms with Crippen molar-refractivity contribution in [1.29, 1.82) is 0 Å². The van der Waals surface area contributed by atoms with Gasteiger partial charge in [-0.05, 0) is 44.4 Å². The molecule has 1 aromatic heterocycles. The Bertz CT molecular complexity index is 723. The van der Waals surface area contributed by atoms with Crippen LogP contribution in [0.2, 0.25) is 0 Å². The lowest BCUT2D eigenvalue weighted by Gasteiger charge is -2.22. The Balaban J connectivity index is 0.00000208. The number of nitrogens with zero attached hydrogens (tertiary/aromatic N) is 2. The average Bonchev–Trinajstić information content (AvgIpc) is 2.68. The topological polar surface area (TPSA) is 72.9 Å². The van der Waals surface area contributed by atoms with E-state index in [2.05, 4.69) is 16.0 Å². The number of nitrogens with two attached hydrogens (primary N) is 1. The van der Waals surface area contributed by atoms with Crippen molar-refractivity contribution < 1.29 is 4.79 Å². The summed E-state index contributed by atoms with van der Waals surface area (Å²) in [6, 6.07) is 5.96. The van der Waals surface area contributed by atoms with Gasteiger partial charge in [-0.2, -0.15) is 0 Å². The average molecular weight is 351 g/mol. The van der Waals surface area contributed by atoms with Gasteiger partial charge in [0.1, 0.15) is 5.82 Å². The summed E-state index contributed by atoms with van der Waals surface area (Å²) in [4.78, 5) is 17.1. The standard InChI is InChI=1S/C18H26N4O.ClH/c1-3-10-18(2,19)17(23)20-13-8-9-15-14(12-13)21-16-7-5-4-6-11-22(15)16;/h8-9,12H,3-7,10-11,19H2,1-2H3,(H,20,23);1H. The Morgan fingerprint density at radius 1 is 1.38 bits per heavy atom. The first-order chi connectivity index (χ1) is 11.0. The van der Waals surface area contributed by atoms with Crippen LogP contribution in [-0.2, 0) is 17.8 Å². The van der Waals surface area contributed by atoms with E-state index in [1.165, 1.54) is 19.3 Å². The zero-order valence-electron chi connectivity index (χ0n) is 14.5. The van der Waals surface area contributed by atoms with Crippen molar-refractivity contribution in [2.75, 3.05) is 5.32 Å². The Labute approximate surface area is 149 Å². The predicted octanol–water partition coefficient (Wildman–Crippen LogP) is 3.64. The molecule has 0 aliphatic carbocycles. The molecule has 3 rings (SSSR count). The molecule has 1 aliphatic rings. The van der Waals surface area contributed by atoms with Gasteiger partial charge in [-0.15, -0.1) is 12.4 Å². The highest BCUT2D eigenvalue weighted by Crippen LogP contribution is 2.25. The number of aromatic nitrogens is 2. The zero-order chi connectivity index (χ0) is 16.4. The largest absolute Gasteiger partial charge is 0.328 e. The highest BCUT2D eigenvalue weighted by molar-refractivity contribution is 5.98. The summed E-state index contributed by atoms with van der Waals surface area (Å²) in [7, 11) is 0. The fourth-order valence-electron chi connectivity index (χ4n) is 3.33. The molecule has 1 atom stereocenters. The molecule has 2 aromatic rings. The lowest BCUT2D eigenvalue weighted by molar-refractivity contribution is -0.120. The molecular formula is C18H27ClN4O. The van der Waals surface area contributed by atoms with Crippen LogP contribution in [0.4, 0.5) is 5.69 Å². The van der Waals surface area contributed by atoms with Gasteiger partial charge in [-0.3, -0.25) is 4.79 Å². The fraction of sp³-hybridized carbons (Fsp3) is 0.556. The van der Waals surface area contributed by atoms with Gasteiger partial charge in [0.2, 0.25) is 5.91 Å². The van der Waals surface area contributed by atoms with Gasteiger partial charge in [-0.1, -0.05) is 19.8 Å². The van der Waals surface area contributed by atoms with Gasteiger partial charge < -0.3 is 15.6 Å². The van der Waals surface area contributed by atoms with Crippen LogP contribution in [-0.4, -0.2) is 21.0 Å². The third-order valence-corrected chi connectivity index (χ3v) is 4.66. The molecule has 0 saturated carbocycles. The van der Waals surface area contributed by atoms with Crippen LogP contribution in [0.5, 0.6) is 0 Å². The van der Waals surface area contributed by atoms with Gasteiger partial charge in [0, 0.05) is 18.7 Å². The third kappa shape index (κ3) is 3.73. The Hall–Kier alpha value is -1.59. The second kappa shape index (κ2) is 7.53. The summed E-state index contributed by atoms with van der Waals surface area (Å²) in [6.45, 7) is 4.85. The lowest BCUT2D eigenvalue weighted by Crippen LogP contribution is -2.48. The molecule has 1 aromatic carbocycles. The number of nitrogens with one attached hydrogen (secondary N) is 1. The summed E-state index contributed by atoms with van der Waals surface area (Å²) in [5, 5.41) is 2.94. The quantitative estimate of drug-likeness (QED) is 0.884.